The molecule has 1 fully saturated rings. The molecule has 0 aromatic carbocycles. The molecule has 92 valence electrons. The molecular weight excluding hydrogens is 232 g/mol. The summed E-state index contributed by atoms with van der Waals surface area (Å²) in [5.41, 5.74) is 0. The van der Waals surface area contributed by atoms with Crippen molar-refractivity contribution in [2.45, 2.75) is 20.3 Å². The van der Waals surface area contributed by atoms with Crippen LogP contribution >= 0.6 is 0 Å². The van der Waals surface area contributed by atoms with E-state index in [0.717, 1.165) is 0 Å². The van der Waals surface area contributed by atoms with Gasteiger partial charge in [-0.25, -0.2) is 8.42 Å². The van der Waals surface area contributed by atoms with Crippen molar-refractivity contribution in [3.8, 4) is 0 Å². The minimum absolute atomic E-state index is 0.0564. The van der Waals surface area contributed by atoms with Crippen LogP contribution in [0.5, 0.6) is 0 Å². The minimum Gasteiger partial charge on any atom is -0.465 e. The summed E-state index contributed by atoms with van der Waals surface area (Å²) >= 11 is 0. The van der Waals surface area contributed by atoms with Crippen molar-refractivity contribution in [2.24, 2.45) is 11.8 Å². The van der Waals surface area contributed by atoms with Crippen molar-refractivity contribution < 1.29 is 22.7 Å². The lowest BCUT2D eigenvalue weighted by Gasteiger charge is -2.17. The van der Waals surface area contributed by atoms with Gasteiger partial charge in [-0.05, 0) is 26.2 Å². The number of esters is 1. The van der Waals surface area contributed by atoms with Gasteiger partial charge in [0.05, 0.1) is 18.1 Å². The van der Waals surface area contributed by atoms with E-state index in [4.69, 9.17) is 4.74 Å². The molecule has 0 radical (unpaired) electrons. The lowest BCUT2D eigenvalue weighted by Crippen LogP contribution is -2.32. The van der Waals surface area contributed by atoms with Crippen LogP contribution in [0.3, 0.4) is 0 Å². The zero-order valence-electron chi connectivity index (χ0n) is 9.43. The molecule has 0 aromatic rings. The van der Waals surface area contributed by atoms with Crippen molar-refractivity contribution in [1.82, 2.24) is 0 Å². The van der Waals surface area contributed by atoms with Gasteiger partial charge < -0.3 is 4.74 Å². The number of sulfone groups is 1. The third-order valence-corrected chi connectivity index (χ3v) is 4.51. The van der Waals surface area contributed by atoms with E-state index in [-0.39, 0.29) is 23.9 Å². The SMILES string of the molecule is CCOC(=O)[C@@H](C(C)=O)[C@H]1CCS(=O)(=O)C1. The van der Waals surface area contributed by atoms with E-state index < -0.39 is 27.6 Å². The molecule has 0 N–H and O–H groups in total. The maximum Gasteiger partial charge on any atom is 0.316 e. The number of hydrogen-bond donors (Lipinski definition) is 0. The molecule has 16 heavy (non-hydrogen) atoms. The van der Waals surface area contributed by atoms with Crippen LogP contribution in [0.2, 0.25) is 0 Å². The largest absolute Gasteiger partial charge is 0.465 e. The second-order valence-electron chi connectivity index (χ2n) is 4.00. The maximum atomic E-state index is 11.5. The normalized spacial score (nSPS) is 25.0. The quantitative estimate of drug-likeness (QED) is 0.524. The predicted octanol–water partition coefficient (Wildman–Crippen LogP) is 0.189. The van der Waals surface area contributed by atoms with E-state index in [1.54, 1.807) is 6.92 Å². The van der Waals surface area contributed by atoms with Gasteiger partial charge in [-0.1, -0.05) is 0 Å². The average Bonchev–Trinajstić information content (AvgIpc) is 2.46. The van der Waals surface area contributed by atoms with Crippen LogP contribution in [-0.2, 0) is 24.2 Å². The molecule has 0 saturated carbocycles. The average molecular weight is 248 g/mol. The predicted molar refractivity (Wildman–Crippen MR) is 57.6 cm³/mol. The Morgan fingerprint density at radius 2 is 2.06 bits per heavy atom. The molecule has 0 spiro atoms. The number of carbonyl (C=O) groups is 2. The molecule has 0 unspecified atom stereocenters. The summed E-state index contributed by atoms with van der Waals surface area (Å²) in [6, 6.07) is 0. The Kier molecular flexibility index (Phi) is 4.07. The molecule has 0 aliphatic carbocycles. The molecule has 1 rings (SSSR count). The van der Waals surface area contributed by atoms with E-state index in [1.807, 2.05) is 0 Å². The standard InChI is InChI=1S/C10H16O5S/c1-3-15-10(12)9(7(2)11)8-4-5-16(13,14)6-8/h8-9H,3-6H2,1-2H3/t8-,9-/m0/s1. The highest BCUT2D eigenvalue weighted by molar-refractivity contribution is 7.91. The summed E-state index contributed by atoms with van der Waals surface area (Å²) in [4.78, 5) is 22.9. The topological polar surface area (TPSA) is 77.5 Å². The zero-order valence-corrected chi connectivity index (χ0v) is 10.2. The van der Waals surface area contributed by atoms with Crippen molar-refractivity contribution in [3.63, 3.8) is 0 Å². The smallest absolute Gasteiger partial charge is 0.316 e. The number of carbonyl (C=O) groups excluding carboxylic acids is 2. The Morgan fingerprint density at radius 3 is 2.44 bits per heavy atom. The molecule has 6 heteroatoms. The van der Waals surface area contributed by atoms with Gasteiger partial charge in [-0.2, -0.15) is 0 Å². The van der Waals surface area contributed by atoms with Crippen LogP contribution in [-0.4, -0.2) is 38.3 Å². The first kappa shape index (κ1) is 13.2. The van der Waals surface area contributed by atoms with Gasteiger partial charge in [0, 0.05) is 0 Å². The summed E-state index contributed by atoms with van der Waals surface area (Å²) in [6.07, 6.45) is 0.366. The zero-order chi connectivity index (χ0) is 12.3. The first-order valence-electron chi connectivity index (χ1n) is 5.25. The second-order valence-corrected chi connectivity index (χ2v) is 6.23. The Morgan fingerprint density at radius 1 is 1.44 bits per heavy atom. The lowest BCUT2D eigenvalue weighted by atomic mass is 9.89. The maximum absolute atomic E-state index is 11.5. The summed E-state index contributed by atoms with van der Waals surface area (Å²) < 4.78 is 27.4. The van der Waals surface area contributed by atoms with Crippen molar-refractivity contribution in [3.05, 3.63) is 0 Å². The third kappa shape index (κ3) is 3.04. The molecule has 1 aliphatic rings. The van der Waals surface area contributed by atoms with Gasteiger partial charge in [-0.3, -0.25) is 9.59 Å². The molecule has 1 aliphatic heterocycles. The van der Waals surface area contributed by atoms with Crippen molar-refractivity contribution in [2.75, 3.05) is 18.1 Å². The summed E-state index contributed by atoms with van der Waals surface area (Å²) in [5, 5.41) is 0. The second kappa shape index (κ2) is 4.95. The highest BCUT2D eigenvalue weighted by atomic mass is 32.2. The summed E-state index contributed by atoms with van der Waals surface area (Å²) in [5.74, 6) is -2.28. The molecule has 1 heterocycles. The van der Waals surface area contributed by atoms with E-state index in [2.05, 4.69) is 0 Å². The van der Waals surface area contributed by atoms with E-state index in [0.29, 0.717) is 6.42 Å². The van der Waals surface area contributed by atoms with Gasteiger partial charge in [0.15, 0.2) is 9.84 Å². The highest BCUT2D eigenvalue weighted by Gasteiger charge is 2.40. The van der Waals surface area contributed by atoms with Crippen LogP contribution in [0.15, 0.2) is 0 Å². The van der Waals surface area contributed by atoms with Gasteiger partial charge in [0.25, 0.3) is 0 Å². The fourth-order valence-electron chi connectivity index (χ4n) is 2.01. The van der Waals surface area contributed by atoms with E-state index in [1.165, 1.54) is 6.92 Å². The van der Waals surface area contributed by atoms with Crippen LogP contribution in [0.25, 0.3) is 0 Å². The van der Waals surface area contributed by atoms with Crippen LogP contribution in [0.1, 0.15) is 20.3 Å². The fraction of sp³-hybridized carbons (Fsp3) is 0.800. The van der Waals surface area contributed by atoms with Gasteiger partial charge in [0.1, 0.15) is 11.7 Å². The van der Waals surface area contributed by atoms with Crippen LogP contribution in [0.4, 0.5) is 0 Å². The third-order valence-electron chi connectivity index (χ3n) is 2.72. The Bertz CT molecular complexity index is 384. The number of Topliss-reactive ketones (excluding diaryl/α,β-unsaturated/α-hetero) is 1. The number of ether oxygens (including phenoxy) is 1. The minimum atomic E-state index is -3.08. The number of ketones is 1. The first-order chi connectivity index (χ1) is 7.37. The molecule has 0 bridgehead atoms. The Labute approximate surface area is 95.1 Å². The van der Waals surface area contributed by atoms with Gasteiger partial charge >= 0.3 is 5.97 Å². The Balaban J connectivity index is 2.80. The molecule has 1 saturated heterocycles. The lowest BCUT2D eigenvalue weighted by molar-refractivity contribution is -0.153. The molecule has 2 atom stereocenters. The number of rotatable bonds is 4. The van der Waals surface area contributed by atoms with Gasteiger partial charge in [0.2, 0.25) is 0 Å². The fourth-order valence-corrected chi connectivity index (χ4v) is 3.85. The van der Waals surface area contributed by atoms with Crippen LogP contribution < -0.4 is 0 Å². The monoisotopic (exact) mass is 248 g/mol. The Hall–Kier alpha value is -0.910. The highest BCUT2D eigenvalue weighted by Crippen LogP contribution is 2.27. The summed E-state index contributed by atoms with van der Waals surface area (Å²) in [7, 11) is -3.08. The summed E-state index contributed by atoms with van der Waals surface area (Å²) in [6.45, 7) is 3.15. The number of hydrogen-bond acceptors (Lipinski definition) is 5. The van der Waals surface area contributed by atoms with Crippen molar-refractivity contribution >= 4 is 21.6 Å². The van der Waals surface area contributed by atoms with Crippen LogP contribution in [0, 0.1) is 11.8 Å². The molecule has 0 amide bonds. The molecule has 5 nitrogen and oxygen atoms in total. The molecule has 0 aromatic heterocycles. The van der Waals surface area contributed by atoms with Crippen molar-refractivity contribution in [1.29, 1.82) is 0 Å². The van der Waals surface area contributed by atoms with Gasteiger partial charge in [-0.15, -0.1) is 0 Å². The first-order valence-corrected chi connectivity index (χ1v) is 7.07. The van der Waals surface area contributed by atoms with E-state index >= 15 is 0 Å². The van der Waals surface area contributed by atoms with E-state index in [9.17, 15) is 18.0 Å². The molecular formula is C10H16O5S.